The summed E-state index contributed by atoms with van der Waals surface area (Å²) in [5.41, 5.74) is 0. The molecule has 0 aliphatic heterocycles. The zero-order valence-corrected chi connectivity index (χ0v) is 7.02. The van der Waals surface area contributed by atoms with Crippen molar-refractivity contribution >= 4 is 5.78 Å². The second-order valence-electron chi connectivity index (χ2n) is 0.908. The maximum Gasteiger partial charge on any atom is 0.126 e. The van der Waals surface area contributed by atoms with E-state index < -0.39 is 0 Å². The first-order chi connectivity index (χ1) is 1.73. The Morgan fingerprint density at radius 3 is 1.17 bits per heavy atom. The second-order valence-corrected chi connectivity index (χ2v) is 0.908. The van der Waals surface area contributed by atoms with Gasteiger partial charge in [0.25, 0.3) is 0 Å². The first-order valence-corrected chi connectivity index (χ1v) is 1.20. The van der Waals surface area contributed by atoms with Crippen LogP contribution in [-0.2, 0) is 4.79 Å². The van der Waals surface area contributed by atoms with E-state index in [0.717, 1.165) is 0 Å². The molecule has 0 N–H and O–H groups in total. The minimum atomic E-state index is 0. The third kappa shape index (κ3) is 35.5. The number of carbonyl (C=O) groups excluding carboxylic acids is 1. The average Bonchev–Trinajstić information content (AvgIpc) is 0.811. The van der Waals surface area contributed by atoms with Gasteiger partial charge in [0.05, 0.1) is 0 Å². The van der Waals surface area contributed by atoms with Gasteiger partial charge in [0.1, 0.15) is 5.78 Å². The second kappa shape index (κ2) is 10.2. The molecule has 0 atom stereocenters. The van der Waals surface area contributed by atoms with Crippen LogP contribution < -0.4 is 0 Å². The summed E-state index contributed by atoms with van der Waals surface area (Å²) in [6.07, 6.45) is 0. The van der Waals surface area contributed by atoms with E-state index in [1.54, 1.807) is 0 Å². The fraction of sp³-hybridized carbons (Fsp3) is 0.667. The molecule has 0 heterocycles. The zero-order chi connectivity index (χ0) is 3.58. The molecule has 0 amide bonds. The Kier molecular flexibility index (Phi) is 26.7. The van der Waals surface area contributed by atoms with Gasteiger partial charge < -0.3 is 4.79 Å². The topological polar surface area (TPSA) is 17.1 Å². The smallest absolute Gasteiger partial charge is 0.126 e. The fourth-order valence-corrected chi connectivity index (χ4v) is 0. The van der Waals surface area contributed by atoms with Crippen LogP contribution in [0.25, 0.3) is 0 Å². The molecule has 0 fully saturated rings. The minimum absolute atomic E-state index is 0. The minimum Gasteiger partial charge on any atom is -0.300 e. The van der Waals surface area contributed by atoms with E-state index in [0.29, 0.717) is 0 Å². The summed E-state index contributed by atoms with van der Waals surface area (Å²) >= 11 is 0. The predicted molar refractivity (Wildman–Crippen MR) is 16.4 cm³/mol. The van der Waals surface area contributed by atoms with Gasteiger partial charge in [-0.3, -0.25) is 0 Å². The maximum absolute atomic E-state index is 9.44. The van der Waals surface area contributed by atoms with Crippen LogP contribution in [0, 0.1) is 73.7 Å². The summed E-state index contributed by atoms with van der Waals surface area (Å²) in [6, 6.07) is 0. The summed E-state index contributed by atoms with van der Waals surface area (Å²) in [5.74, 6) is 0.167. The molecule has 0 saturated carbocycles. The van der Waals surface area contributed by atoms with E-state index in [2.05, 4.69) is 0 Å². The Labute approximate surface area is 96.2 Å². The van der Waals surface area contributed by atoms with Crippen molar-refractivity contribution in [2.24, 2.45) is 0 Å². The van der Waals surface area contributed by atoms with Crippen molar-refractivity contribution in [1.82, 2.24) is 0 Å². The quantitative estimate of drug-likeness (QED) is 0.587. The summed E-state index contributed by atoms with van der Waals surface area (Å²) < 4.78 is 0. The molecule has 2 radical (unpaired) electrons. The molecular weight excluding hydrogens is 390 g/mol. The van der Waals surface area contributed by atoms with Crippen LogP contribution in [0.15, 0.2) is 0 Å². The normalized spacial score (nSPS) is 4.33. The summed E-state index contributed by atoms with van der Waals surface area (Å²) in [4.78, 5) is 9.44. The van der Waals surface area contributed by atoms with Crippen LogP contribution in [-0.4, -0.2) is 5.78 Å². The van der Waals surface area contributed by atoms with Crippen LogP contribution >= 0.6 is 0 Å². The summed E-state index contributed by atoms with van der Waals surface area (Å²) in [6.45, 7) is 3.06. The van der Waals surface area contributed by atoms with Gasteiger partial charge in [0, 0.05) is 73.7 Å². The Hall–Kier alpha value is 2.14. The molecule has 3 heteroatoms. The van der Waals surface area contributed by atoms with Crippen molar-refractivity contribution in [3.05, 3.63) is 0 Å². The first kappa shape index (κ1) is 15.7. The SMILES string of the molecule is CC(C)=O.[Tm].[Tm]. The third-order valence-electron chi connectivity index (χ3n) is 0. The monoisotopic (exact) mass is 396 g/mol. The molecule has 0 aliphatic carbocycles. The third-order valence-corrected chi connectivity index (χ3v) is 0. The Bertz CT molecular complexity index is 31.8. The summed E-state index contributed by atoms with van der Waals surface area (Å²) in [5, 5.41) is 0. The van der Waals surface area contributed by atoms with Gasteiger partial charge in [-0.25, -0.2) is 0 Å². The van der Waals surface area contributed by atoms with Gasteiger partial charge in [0.2, 0.25) is 0 Å². The first-order valence-electron chi connectivity index (χ1n) is 1.20. The zero-order valence-electron chi connectivity index (χ0n) is 3.46. The van der Waals surface area contributed by atoms with E-state index in [4.69, 9.17) is 0 Å². The van der Waals surface area contributed by atoms with Crippen LogP contribution in [0.1, 0.15) is 13.8 Å². The van der Waals surface area contributed by atoms with Gasteiger partial charge in [0.15, 0.2) is 0 Å². The number of carbonyl (C=O) groups is 1. The van der Waals surface area contributed by atoms with Gasteiger partial charge >= 0.3 is 0 Å². The fourth-order valence-electron chi connectivity index (χ4n) is 0. The van der Waals surface area contributed by atoms with Crippen LogP contribution in [0.2, 0.25) is 0 Å². The van der Waals surface area contributed by atoms with Crippen molar-refractivity contribution in [2.45, 2.75) is 13.8 Å². The molecule has 6 heavy (non-hydrogen) atoms. The molecule has 0 aliphatic rings. The van der Waals surface area contributed by atoms with Crippen LogP contribution in [0.3, 0.4) is 0 Å². The molecule has 1 nitrogen and oxygen atoms in total. The molecule has 0 aromatic heterocycles. The molecule has 50 valence electrons. The Morgan fingerprint density at radius 2 is 1.17 bits per heavy atom. The molecular formula is C3H6OTm2. The van der Waals surface area contributed by atoms with Crippen molar-refractivity contribution in [3.8, 4) is 0 Å². The predicted octanol–water partition coefficient (Wildman–Crippen LogP) is 0.595. The van der Waals surface area contributed by atoms with Crippen molar-refractivity contribution in [3.63, 3.8) is 0 Å². The maximum atomic E-state index is 9.44. The van der Waals surface area contributed by atoms with E-state index in [9.17, 15) is 4.79 Å². The summed E-state index contributed by atoms with van der Waals surface area (Å²) in [7, 11) is 0. The Balaban J connectivity index is -0.0000000450. The number of hydrogen-bond donors (Lipinski definition) is 0. The molecule has 0 aromatic rings. The van der Waals surface area contributed by atoms with Gasteiger partial charge in [-0.05, 0) is 13.8 Å². The van der Waals surface area contributed by atoms with Crippen molar-refractivity contribution < 1.29 is 78.5 Å². The Morgan fingerprint density at radius 1 is 1.17 bits per heavy atom. The van der Waals surface area contributed by atoms with Crippen LogP contribution in [0.5, 0.6) is 0 Å². The number of hydrogen-bond acceptors (Lipinski definition) is 1. The number of ketones is 1. The van der Waals surface area contributed by atoms with Crippen LogP contribution in [0.4, 0.5) is 0 Å². The number of Topliss-reactive ketones (excluding diaryl/α,β-unsaturated/α-hetero) is 1. The number of rotatable bonds is 0. The van der Waals surface area contributed by atoms with Gasteiger partial charge in [-0.15, -0.1) is 0 Å². The molecule has 0 rings (SSSR count). The van der Waals surface area contributed by atoms with Crippen molar-refractivity contribution in [2.75, 3.05) is 0 Å². The van der Waals surface area contributed by atoms with E-state index in [1.807, 2.05) is 0 Å². The molecule has 0 saturated heterocycles. The molecule has 0 aromatic carbocycles. The largest absolute Gasteiger partial charge is 0.300 e. The standard InChI is InChI=1S/C3H6O.2Tm/c1-3(2)4;;/h1-2H3;;. The van der Waals surface area contributed by atoms with E-state index in [-0.39, 0.29) is 79.5 Å². The molecule has 0 bridgehead atoms. The van der Waals surface area contributed by atoms with E-state index in [1.165, 1.54) is 13.8 Å². The van der Waals surface area contributed by atoms with Gasteiger partial charge in [-0.2, -0.15) is 0 Å². The van der Waals surface area contributed by atoms with Gasteiger partial charge in [-0.1, -0.05) is 0 Å². The van der Waals surface area contributed by atoms with Crippen molar-refractivity contribution in [1.29, 1.82) is 0 Å². The average molecular weight is 396 g/mol. The molecule has 0 spiro atoms. The van der Waals surface area contributed by atoms with E-state index >= 15 is 0 Å². The molecule has 0 unspecified atom stereocenters.